The van der Waals surface area contributed by atoms with Crippen molar-refractivity contribution in [3.63, 3.8) is 0 Å². The molecule has 0 atom stereocenters. The summed E-state index contributed by atoms with van der Waals surface area (Å²) in [7, 11) is 0. The predicted octanol–water partition coefficient (Wildman–Crippen LogP) is 1.04. The second kappa shape index (κ2) is 9.15. The number of carbonyl (C=O) groups is 2. The van der Waals surface area contributed by atoms with Crippen LogP contribution < -0.4 is 0 Å². The van der Waals surface area contributed by atoms with Gasteiger partial charge in [-0.2, -0.15) is 19.4 Å². The Labute approximate surface area is 84.4 Å². The van der Waals surface area contributed by atoms with E-state index >= 15 is 0 Å². The van der Waals surface area contributed by atoms with E-state index in [1.165, 1.54) is 0 Å². The summed E-state index contributed by atoms with van der Waals surface area (Å²) in [6.07, 6.45) is -2.96. The molecule has 0 aliphatic rings. The average molecular weight is 226 g/mol. The minimum atomic E-state index is -1.48. The van der Waals surface area contributed by atoms with Gasteiger partial charge in [0.05, 0.1) is 13.2 Å². The summed E-state index contributed by atoms with van der Waals surface area (Å²) < 4.78 is 3.81. The third kappa shape index (κ3) is 8.90. The van der Waals surface area contributed by atoms with E-state index in [0.29, 0.717) is 0 Å². The maximum atomic E-state index is 10.5. The smallest absolute Gasteiger partial charge is 0.323 e. The van der Waals surface area contributed by atoms with Crippen molar-refractivity contribution < 1.29 is 44.0 Å². The summed E-state index contributed by atoms with van der Waals surface area (Å²) in [4.78, 5) is 36.9. The average Bonchev–Trinajstić information content (AvgIpc) is 2.18. The molecule has 0 spiro atoms. The highest BCUT2D eigenvalue weighted by atomic mass is 17.5. The molecule has 0 unspecified atom stereocenters. The van der Waals surface area contributed by atoms with Gasteiger partial charge in [-0.1, -0.05) is 0 Å². The summed E-state index contributed by atoms with van der Waals surface area (Å²) in [5.41, 5.74) is 0. The van der Waals surface area contributed by atoms with Crippen molar-refractivity contribution in [2.75, 3.05) is 13.2 Å². The second-order valence-electron chi connectivity index (χ2n) is 1.72. The van der Waals surface area contributed by atoms with E-state index in [9.17, 15) is 9.59 Å². The van der Waals surface area contributed by atoms with Crippen LogP contribution in [0.2, 0.25) is 0 Å². The van der Waals surface area contributed by atoms with Gasteiger partial charge in [-0.15, -0.1) is 0 Å². The van der Waals surface area contributed by atoms with E-state index in [4.69, 9.17) is 0 Å². The Morgan fingerprint density at radius 2 is 1.27 bits per heavy atom. The lowest BCUT2D eigenvalue weighted by atomic mass is 10.9. The lowest BCUT2D eigenvalue weighted by molar-refractivity contribution is -0.491. The highest BCUT2D eigenvalue weighted by Gasteiger charge is 2.16. The van der Waals surface area contributed by atoms with Gasteiger partial charge in [-0.05, 0) is 23.9 Å². The molecule has 0 amide bonds. The van der Waals surface area contributed by atoms with Crippen LogP contribution in [-0.4, -0.2) is 25.5 Å². The maximum absolute atomic E-state index is 10.5. The molecule has 0 aromatic rings. The summed E-state index contributed by atoms with van der Waals surface area (Å²) in [5, 5.41) is 7.63. The summed E-state index contributed by atoms with van der Waals surface area (Å²) in [5.74, 6) is 0. The van der Waals surface area contributed by atoms with Gasteiger partial charge in [0.15, 0.2) is 0 Å². The van der Waals surface area contributed by atoms with E-state index in [1.807, 2.05) is 0 Å². The SMILES string of the molecule is CCOOOC(=O)OC(=O)OOOCC. The minimum Gasteiger partial charge on any atom is -0.323 e. The quantitative estimate of drug-likeness (QED) is 0.216. The topological polar surface area (TPSA) is 98.8 Å². The van der Waals surface area contributed by atoms with E-state index in [2.05, 4.69) is 34.4 Å². The van der Waals surface area contributed by atoms with Crippen LogP contribution in [-0.2, 0) is 34.4 Å². The van der Waals surface area contributed by atoms with Crippen molar-refractivity contribution in [3.05, 3.63) is 0 Å². The van der Waals surface area contributed by atoms with Crippen LogP contribution in [0.5, 0.6) is 0 Å². The van der Waals surface area contributed by atoms with Crippen molar-refractivity contribution in [3.8, 4) is 0 Å². The fraction of sp³-hybridized carbons (Fsp3) is 0.667. The zero-order chi connectivity index (χ0) is 11.5. The van der Waals surface area contributed by atoms with Gasteiger partial charge in [0.25, 0.3) is 0 Å². The summed E-state index contributed by atoms with van der Waals surface area (Å²) >= 11 is 0. The van der Waals surface area contributed by atoms with Gasteiger partial charge < -0.3 is 4.74 Å². The van der Waals surface area contributed by atoms with E-state index < -0.39 is 12.3 Å². The maximum Gasteiger partial charge on any atom is 0.553 e. The summed E-state index contributed by atoms with van der Waals surface area (Å²) in [6, 6.07) is 0. The van der Waals surface area contributed by atoms with Crippen LogP contribution in [0.25, 0.3) is 0 Å². The Balaban J connectivity index is 3.45. The lowest BCUT2D eigenvalue weighted by Crippen LogP contribution is -2.16. The monoisotopic (exact) mass is 226 g/mol. The van der Waals surface area contributed by atoms with E-state index in [-0.39, 0.29) is 13.2 Å². The van der Waals surface area contributed by atoms with Crippen LogP contribution in [0, 0.1) is 0 Å². The largest absolute Gasteiger partial charge is 0.553 e. The first-order chi connectivity index (χ1) is 7.20. The first-order valence-electron chi connectivity index (χ1n) is 3.88. The van der Waals surface area contributed by atoms with Gasteiger partial charge in [-0.25, -0.2) is 9.78 Å². The standard InChI is InChI=1S/C6H10O9/c1-3-9-14-12-5(7)11-6(8)13-15-10-4-2/h3-4H2,1-2H3. The van der Waals surface area contributed by atoms with E-state index in [1.54, 1.807) is 13.8 Å². The molecule has 15 heavy (non-hydrogen) atoms. The molecule has 0 N–H and O–H groups in total. The Kier molecular flexibility index (Phi) is 8.28. The Morgan fingerprint density at radius 3 is 1.60 bits per heavy atom. The lowest BCUT2D eigenvalue weighted by Gasteiger charge is -2.01. The molecule has 0 saturated carbocycles. The van der Waals surface area contributed by atoms with Gasteiger partial charge in [0.1, 0.15) is 0 Å². The van der Waals surface area contributed by atoms with Crippen LogP contribution in [0.1, 0.15) is 13.8 Å². The zero-order valence-electron chi connectivity index (χ0n) is 8.09. The molecule has 0 radical (unpaired) electrons. The first-order valence-corrected chi connectivity index (χ1v) is 3.88. The number of ether oxygens (including phenoxy) is 1. The van der Waals surface area contributed by atoms with Crippen molar-refractivity contribution >= 4 is 12.3 Å². The van der Waals surface area contributed by atoms with Crippen LogP contribution in [0.15, 0.2) is 0 Å². The summed E-state index contributed by atoms with van der Waals surface area (Å²) in [6.45, 7) is 3.45. The highest BCUT2D eigenvalue weighted by molar-refractivity contribution is 5.76. The Bertz CT molecular complexity index is 171. The van der Waals surface area contributed by atoms with Gasteiger partial charge in [0, 0.05) is 0 Å². The first kappa shape index (κ1) is 13.6. The number of hydrogen-bond donors (Lipinski definition) is 0. The molecule has 0 rings (SSSR count). The Morgan fingerprint density at radius 1 is 0.867 bits per heavy atom. The molecule has 0 bridgehead atoms. The molecular formula is C6H10O9. The van der Waals surface area contributed by atoms with Crippen molar-refractivity contribution in [1.29, 1.82) is 0 Å². The van der Waals surface area contributed by atoms with Gasteiger partial charge in [-0.3, -0.25) is 0 Å². The van der Waals surface area contributed by atoms with Crippen molar-refractivity contribution in [2.45, 2.75) is 13.8 Å². The third-order valence-electron chi connectivity index (χ3n) is 0.703. The molecule has 0 saturated heterocycles. The highest BCUT2D eigenvalue weighted by Crippen LogP contribution is 1.93. The molecule has 9 heteroatoms. The molecular weight excluding hydrogens is 216 g/mol. The Hall–Kier alpha value is -1.42. The predicted molar refractivity (Wildman–Crippen MR) is 39.5 cm³/mol. The van der Waals surface area contributed by atoms with E-state index in [0.717, 1.165) is 0 Å². The molecule has 0 aromatic heterocycles. The molecule has 0 aliphatic heterocycles. The minimum absolute atomic E-state index is 0.144. The fourth-order valence-electron chi connectivity index (χ4n) is 0.302. The third-order valence-corrected chi connectivity index (χ3v) is 0.703. The van der Waals surface area contributed by atoms with Crippen molar-refractivity contribution in [2.24, 2.45) is 0 Å². The molecule has 0 fully saturated rings. The molecule has 88 valence electrons. The zero-order valence-corrected chi connectivity index (χ0v) is 8.09. The van der Waals surface area contributed by atoms with Crippen molar-refractivity contribution in [1.82, 2.24) is 0 Å². The fourth-order valence-corrected chi connectivity index (χ4v) is 0.302. The molecule has 0 heterocycles. The van der Waals surface area contributed by atoms with Crippen LogP contribution in [0.3, 0.4) is 0 Å². The van der Waals surface area contributed by atoms with Gasteiger partial charge in [0.2, 0.25) is 0 Å². The number of rotatable bonds is 6. The van der Waals surface area contributed by atoms with Gasteiger partial charge >= 0.3 is 12.3 Å². The number of hydrogen-bond acceptors (Lipinski definition) is 9. The normalized spacial score (nSPS) is 9.47. The van der Waals surface area contributed by atoms with Crippen LogP contribution in [0.4, 0.5) is 9.59 Å². The molecule has 0 aromatic carbocycles. The number of carbonyl (C=O) groups excluding carboxylic acids is 2. The molecule has 0 aliphatic carbocycles. The van der Waals surface area contributed by atoms with Crippen LogP contribution >= 0.6 is 0 Å². The molecule has 9 nitrogen and oxygen atoms in total. The second-order valence-corrected chi connectivity index (χ2v) is 1.72.